The number of benzene rings is 1. The molecular weight excluding hydrogens is 387 g/mol. The van der Waals surface area contributed by atoms with Crippen LogP contribution >= 0.6 is 0 Å². The van der Waals surface area contributed by atoms with E-state index in [9.17, 15) is 22.8 Å². The van der Waals surface area contributed by atoms with E-state index in [2.05, 4.69) is 10.2 Å². The lowest BCUT2D eigenvalue weighted by atomic mass is 10.2. The number of halogens is 3. The summed E-state index contributed by atoms with van der Waals surface area (Å²) in [5, 5.41) is 10.6. The first kappa shape index (κ1) is 19.4. The summed E-state index contributed by atoms with van der Waals surface area (Å²) >= 11 is 0. The van der Waals surface area contributed by atoms with Crippen LogP contribution in [0.2, 0.25) is 0 Å². The number of carbonyl (C=O) groups is 2. The number of carbonyl (C=O) groups excluding carboxylic acids is 2. The molecule has 0 aliphatic carbocycles. The van der Waals surface area contributed by atoms with Crippen molar-refractivity contribution < 1.29 is 22.8 Å². The van der Waals surface area contributed by atoms with E-state index in [0.717, 1.165) is 44.1 Å². The van der Waals surface area contributed by atoms with E-state index in [0.29, 0.717) is 31.3 Å². The van der Waals surface area contributed by atoms with Crippen LogP contribution in [0.4, 0.5) is 18.9 Å². The fourth-order valence-electron chi connectivity index (χ4n) is 3.96. The molecule has 2 aliphatic rings. The molecule has 29 heavy (non-hydrogen) atoms. The molecule has 7 nitrogen and oxygen atoms in total. The van der Waals surface area contributed by atoms with Crippen LogP contribution in [0.15, 0.2) is 12.1 Å². The summed E-state index contributed by atoms with van der Waals surface area (Å²) in [5.74, 6) is -5.09. The first-order chi connectivity index (χ1) is 14.0. The van der Waals surface area contributed by atoms with Crippen LogP contribution in [-0.4, -0.2) is 38.0 Å². The van der Waals surface area contributed by atoms with E-state index in [1.807, 2.05) is 9.88 Å². The number of nitrogens with zero attached hydrogens (tertiary/aromatic N) is 4. The highest BCUT2D eigenvalue weighted by atomic mass is 19.2. The summed E-state index contributed by atoms with van der Waals surface area (Å²) in [6.45, 7) is 1.11. The van der Waals surface area contributed by atoms with Crippen molar-refractivity contribution >= 4 is 17.5 Å². The molecule has 10 heteroatoms. The lowest BCUT2D eigenvalue weighted by Gasteiger charge is -2.24. The van der Waals surface area contributed by atoms with Crippen molar-refractivity contribution in [2.75, 3.05) is 11.9 Å². The monoisotopic (exact) mass is 407 g/mol. The number of aryl methyl sites for hydroxylation is 1. The molecule has 1 N–H and O–H groups in total. The van der Waals surface area contributed by atoms with Gasteiger partial charge in [0.2, 0.25) is 0 Å². The average Bonchev–Trinajstić information content (AvgIpc) is 3.28. The predicted molar refractivity (Wildman–Crippen MR) is 96.2 cm³/mol. The molecule has 0 saturated carbocycles. The zero-order chi connectivity index (χ0) is 20.5. The summed E-state index contributed by atoms with van der Waals surface area (Å²) in [7, 11) is 0. The molecule has 1 aromatic heterocycles. The van der Waals surface area contributed by atoms with Gasteiger partial charge in [-0.1, -0.05) is 6.42 Å². The van der Waals surface area contributed by atoms with Gasteiger partial charge in [0, 0.05) is 19.5 Å². The van der Waals surface area contributed by atoms with E-state index in [1.165, 1.54) is 4.90 Å². The Balaban J connectivity index is 1.53. The fraction of sp³-hybridized carbons (Fsp3) is 0.474. The molecule has 1 aromatic carbocycles. The molecular formula is C19H20F3N5O2. The molecule has 0 unspecified atom stereocenters. The van der Waals surface area contributed by atoms with Crippen LogP contribution in [0.25, 0.3) is 0 Å². The Morgan fingerprint density at radius 3 is 2.66 bits per heavy atom. The highest BCUT2D eigenvalue weighted by molar-refractivity contribution is 6.39. The van der Waals surface area contributed by atoms with E-state index in [-0.39, 0.29) is 0 Å². The van der Waals surface area contributed by atoms with Gasteiger partial charge in [0.25, 0.3) is 0 Å². The smallest absolute Gasteiger partial charge is 0.314 e. The average molecular weight is 407 g/mol. The number of anilines is 1. The zero-order valence-corrected chi connectivity index (χ0v) is 15.6. The predicted octanol–water partition coefficient (Wildman–Crippen LogP) is 2.72. The number of amides is 2. The van der Waals surface area contributed by atoms with Gasteiger partial charge in [0.1, 0.15) is 5.82 Å². The molecule has 2 aliphatic heterocycles. The third kappa shape index (κ3) is 3.58. The van der Waals surface area contributed by atoms with Gasteiger partial charge >= 0.3 is 11.8 Å². The van der Waals surface area contributed by atoms with Crippen molar-refractivity contribution in [3.05, 3.63) is 41.2 Å². The molecule has 3 heterocycles. The van der Waals surface area contributed by atoms with Gasteiger partial charge in [0.05, 0.1) is 11.7 Å². The first-order valence-corrected chi connectivity index (χ1v) is 9.65. The van der Waals surface area contributed by atoms with Crippen molar-refractivity contribution in [2.45, 2.75) is 51.1 Å². The quantitative estimate of drug-likeness (QED) is 0.613. The summed E-state index contributed by atoms with van der Waals surface area (Å²) in [4.78, 5) is 26.5. The lowest BCUT2D eigenvalue weighted by Crippen LogP contribution is -2.40. The highest BCUT2D eigenvalue weighted by Crippen LogP contribution is 2.32. The molecule has 1 saturated heterocycles. The van der Waals surface area contributed by atoms with Crippen LogP contribution in [0.1, 0.15) is 49.8 Å². The van der Waals surface area contributed by atoms with Crippen molar-refractivity contribution in [2.24, 2.45) is 0 Å². The van der Waals surface area contributed by atoms with E-state index >= 15 is 0 Å². The molecule has 4 rings (SSSR count). The normalized spacial score (nSPS) is 19.0. The van der Waals surface area contributed by atoms with Gasteiger partial charge < -0.3 is 14.8 Å². The van der Waals surface area contributed by atoms with Gasteiger partial charge in [-0.15, -0.1) is 10.2 Å². The van der Waals surface area contributed by atoms with Gasteiger partial charge in [-0.2, -0.15) is 0 Å². The fourth-order valence-corrected chi connectivity index (χ4v) is 3.96. The second-order valence-electron chi connectivity index (χ2n) is 7.27. The largest absolute Gasteiger partial charge is 0.324 e. The molecule has 0 bridgehead atoms. The minimum absolute atomic E-state index is 0.347. The molecule has 2 amide bonds. The van der Waals surface area contributed by atoms with E-state index < -0.39 is 41.0 Å². The Morgan fingerprint density at radius 1 is 1.00 bits per heavy atom. The molecule has 0 radical (unpaired) electrons. The summed E-state index contributed by atoms with van der Waals surface area (Å²) < 4.78 is 42.3. The maximum Gasteiger partial charge on any atom is 0.314 e. The van der Waals surface area contributed by atoms with Crippen LogP contribution in [-0.2, 0) is 22.6 Å². The summed E-state index contributed by atoms with van der Waals surface area (Å²) in [6.07, 6.45) is 5.27. The SMILES string of the molecule is O=C(Nc1ccc(F)c(F)c1F)C(=O)N1CCC[C@H]1c1nnc2n1CCCCC2. The van der Waals surface area contributed by atoms with Crippen LogP contribution < -0.4 is 5.32 Å². The van der Waals surface area contributed by atoms with Gasteiger partial charge in [-0.05, 0) is 37.8 Å². The van der Waals surface area contributed by atoms with Crippen molar-refractivity contribution in [3.8, 4) is 0 Å². The third-order valence-electron chi connectivity index (χ3n) is 5.43. The van der Waals surface area contributed by atoms with Crippen LogP contribution in [0, 0.1) is 17.5 Å². The van der Waals surface area contributed by atoms with Crippen molar-refractivity contribution in [1.29, 1.82) is 0 Å². The summed E-state index contributed by atoms with van der Waals surface area (Å²) in [5.41, 5.74) is -0.589. The van der Waals surface area contributed by atoms with Gasteiger partial charge in [-0.25, -0.2) is 13.2 Å². The van der Waals surface area contributed by atoms with Gasteiger partial charge in [0.15, 0.2) is 23.3 Å². The Hall–Kier alpha value is -2.91. The zero-order valence-electron chi connectivity index (χ0n) is 15.6. The number of fused-ring (bicyclic) bond motifs is 1. The van der Waals surface area contributed by atoms with Crippen molar-refractivity contribution in [1.82, 2.24) is 19.7 Å². The summed E-state index contributed by atoms with van der Waals surface area (Å²) in [6, 6.07) is 1.16. The Labute approximate surface area is 164 Å². The van der Waals surface area contributed by atoms with Crippen LogP contribution in [0.5, 0.6) is 0 Å². The maximum absolute atomic E-state index is 13.8. The number of hydrogen-bond donors (Lipinski definition) is 1. The first-order valence-electron chi connectivity index (χ1n) is 9.65. The Kier molecular flexibility index (Phi) is 5.25. The second-order valence-corrected chi connectivity index (χ2v) is 7.27. The van der Waals surface area contributed by atoms with Crippen LogP contribution in [0.3, 0.4) is 0 Å². The van der Waals surface area contributed by atoms with Gasteiger partial charge in [-0.3, -0.25) is 9.59 Å². The molecule has 0 spiro atoms. The van der Waals surface area contributed by atoms with Crippen molar-refractivity contribution in [3.63, 3.8) is 0 Å². The number of nitrogens with one attached hydrogen (secondary N) is 1. The Morgan fingerprint density at radius 2 is 1.83 bits per heavy atom. The second kappa shape index (κ2) is 7.84. The number of rotatable bonds is 2. The Bertz CT molecular complexity index is 962. The number of aromatic nitrogens is 3. The minimum Gasteiger partial charge on any atom is -0.324 e. The number of likely N-dealkylation sites (tertiary alicyclic amines) is 1. The third-order valence-corrected chi connectivity index (χ3v) is 5.43. The highest BCUT2D eigenvalue weighted by Gasteiger charge is 2.37. The van der Waals surface area contributed by atoms with E-state index in [4.69, 9.17) is 0 Å². The number of hydrogen-bond acceptors (Lipinski definition) is 4. The minimum atomic E-state index is -1.71. The molecule has 1 fully saturated rings. The molecule has 154 valence electrons. The maximum atomic E-state index is 13.8. The molecule has 1 atom stereocenters. The topological polar surface area (TPSA) is 80.1 Å². The van der Waals surface area contributed by atoms with E-state index in [1.54, 1.807) is 0 Å². The lowest BCUT2D eigenvalue weighted by molar-refractivity contribution is -0.143. The molecule has 2 aromatic rings. The standard InChI is InChI=1S/C19H20F3N5O2/c20-11-7-8-12(16(22)15(11)21)23-18(28)19(29)26-10-4-5-13(26)17-25-24-14-6-2-1-3-9-27(14)17/h7-8,13H,1-6,9-10H2,(H,23,28)/t13-/m0/s1.